The molecule has 0 saturated carbocycles. The van der Waals surface area contributed by atoms with E-state index in [1.54, 1.807) is 46.8 Å². The van der Waals surface area contributed by atoms with E-state index in [0.717, 1.165) is 0 Å². The van der Waals surface area contributed by atoms with Gasteiger partial charge in [0.15, 0.2) is 16.7 Å². The number of rotatable bonds is 6. The van der Waals surface area contributed by atoms with Gasteiger partial charge < -0.3 is 29.0 Å². The topological polar surface area (TPSA) is 110 Å². The molecule has 2 aliphatic rings. The van der Waals surface area contributed by atoms with Crippen molar-refractivity contribution in [1.29, 1.82) is 0 Å². The van der Waals surface area contributed by atoms with E-state index >= 15 is 0 Å². The summed E-state index contributed by atoms with van der Waals surface area (Å²) >= 11 is 16.0. The lowest BCUT2D eigenvalue weighted by Crippen LogP contribution is -2.48. The van der Waals surface area contributed by atoms with E-state index < -0.39 is 54.0 Å². The molecule has 4 rings (SSSR count). The Labute approximate surface area is 239 Å². The van der Waals surface area contributed by atoms with Gasteiger partial charge in [0.2, 0.25) is 0 Å². The van der Waals surface area contributed by atoms with Crippen molar-refractivity contribution in [2.45, 2.75) is 90.4 Å². The maximum Gasteiger partial charge on any atom is 0.408 e. The fourth-order valence-corrected chi connectivity index (χ4v) is 5.39. The van der Waals surface area contributed by atoms with Crippen LogP contribution < -0.4 is 5.32 Å². The van der Waals surface area contributed by atoms with Gasteiger partial charge in [0.1, 0.15) is 36.6 Å². The van der Waals surface area contributed by atoms with Crippen molar-refractivity contribution in [2.75, 3.05) is 6.61 Å². The normalized spacial score (nSPS) is 25.4. The van der Waals surface area contributed by atoms with Crippen molar-refractivity contribution in [3.8, 4) is 0 Å². The van der Waals surface area contributed by atoms with E-state index in [4.69, 9.17) is 46.9 Å². The van der Waals surface area contributed by atoms with Crippen LogP contribution in [0.2, 0.25) is 10.0 Å². The molecule has 2 fully saturated rings. The van der Waals surface area contributed by atoms with E-state index in [9.17, 15) is 9.59 Å². The van der Waals surface area contributed by atoms with Crippen LogP contribution in [-0.4, -0.2) is 64.0 Å². The largest absolute Gasteiger partial charge is 0.461 e. The molecule has 1 N–H and O–H groups in total. The molecule has 13 heteroatoms. The number of carbonyl (C=O) groups is 2. The lowest BCUT2D eigenvalue weighted by atomic mass is 10.1. The summed E-state index contributed by atoms with van der Waals surface area (Å²) in [6.45, 7) is 12.3. The van der Waals surface area contributed by atoms with Gasteiger partial charge in [-0.3, -0.25) is 4.57 Å². The van der Waals surface area contributed by atoms with Crippen LogP contribution >= 0.6 is 39.1 Å². The van der Waals surface area contributed by atoms with Crippen LogP contribution in [0.15, 0.2) is 16.9 Å². The van der Waals surface area contributed by atoms with Gasteiger partial charge in [0.05, 0.1) is 21.1 Å². The number of hydrogen-bond donors (Lipinski definition) is 1. The second-order valence-electron chi connectivity index (χ2n) is 11.1. The molecule has 5 atom stereocenters. The predicted octanol–water partition coefficient (Wildman–Crippen LogP) is 5.62. The first kappa shape index (κ1) is 29.4. The molecule has 1 amide bonds. The van der Waals surface area contributed by atoms with Crippen molar-refractivity contribution < 1.29 is 33.3 Å². The molecule has 1 aromatic heterocycles. The third-order valence-electron chi connectivity index (χ3n) is 6.05. The maximum absolute atomic E-state index is 13.0. The number of carbonyl (C=O) groups excluding carboxylic acids is 2. The fraction of sp³-hybridized carbons (Fsp3) is 0.640. The zero-order chi connectivity index (χ0) is 28.2. The van der Waals surface area contributed by atoms with Crippen molar-refractivity contribution in [3.05, 3.63) is 26.9 Å². The summed E-state index contributed by atoms with van der Waals surface area (Å²) in [7, 11) is 0. The first-order chi connectivity index (χ1) is 17.6. The highest BCUT2D eigenvalue weighted by atomic mass is 79.9. The van der Waals surface area contributed by atoms with Crippen LogP contribution in [0.25, 0.3) is 11.0 Å². The summed E-state index contributed by atoms with van der Waals surface area (Å²) in [6, 6.07) is 2.47. The van der Waals surface area contributed by atoms with Crippen molar-refractivity contribution >= 4 is 62.2 Å². The standard InChI is InChI=1S/C25H32BrCl2N3O7/c1-11(2)17(30-23(33)38-24(3,4)5)21(32)34-10-16-18-19(37-25(6,7)36-18)20(35-16)31-15-9-13(28)12(27)8-14(15)29-22(31)26/h8-9,11,16-20H,10H2,1-7H3,(H,30,33)/t16-,17+,18-,19-,20-/m1/s1. The molecular formula is C25H32BrCl2N3O7. The number of alkyl carbamates (subject to hydrolysis) is 1. The van der Waals surface area contributed by atoms with Gasteiger partial charge >= 0.3 is 12.1 Å². The highest BCUT2D eigenvalue weighted by Crippen LogP contribution is 2.45. The van der Waals surface area contributed by atoms with Crippen molar-refractivity contribution in [1.82, 2.24) is 14.9 Å². The average Bonchev–Trinajstić information content (AvgIpc) is 3.36. The van der Waals surface area contributed by atoms with Gasteiger partial charge in [-0.25, -0.2) is 14.6 Å². The molecule has 2 saturated heterocycles. The Bertz CT molecular complexity index is 1230. The maximum atomic E-state index is 13.0. The number of benzene rings is 1. The summed E-state index contributed by atoms with van der Waals surface area (Å²) in [6.07, 6.45) is -3.08. The third kappa shape index (κ3) is 6.23. The quantitative estimate of drug-likeness (QED) is 0.407. The molecule has 1 aromatic carbocycles. The minimum Gasteiger partial charge on any atom is -0.461 e. The van der Waals surface area contributed by atoms with Gasteiger partial charge in [0.25, 0.3) is 0 Å². The Morgan fingerprint density at radius 1 is 1.18 bits per heavy atom. The molecule has 0 bridgehead atoms. The monoisotopic (exact) mass is 635 g/mol. The van der Waals surface area contributed by atoms with Crippen LogP contribution in [0.1, 0.15) is 54.7 Å². The zero-order valence-electron chi connectivity index (χ0n) is 22.2. The van der Waals surface area contributed by atoms with Crippen LogP contribution in [0.4, 0.5) is 4.79 Å². The second kappa shape index (κ2) is 10.7. The molecule has 3 heterocycles. The van der Waals surface area contributed by atoms with E-state index in [1.807, 2.05) is 18.4 Å². The van der Waals surface area contributed by atoms with Crippen LogP contribution in [0, 0.1) is 5.92 Å². The highest BCUT2D eigenvalue weighted by Gasteiger charge is 2.56. The van der Waals surface area contributed by atoms with E-state index in [-0.39, 0.29) is 12.5 Å². The van der Waals surface area contributed by atoms with Gasteiger partial charge in [-0.1, -0.05) is 37.0 Å². The number of nitrogens with zero attached hydrogens (tertiary/aromatic N) is 2. The van der Waals surface area contributed by atoms with E-state index in [0.29, 0.717) is 25.8 Å². The number of amides is 1. The Balaban J connectivity index is 1.53. The molecule has 38 heavy (non-hydrogen) atoms. The lowest BCUT2D eigenvalue weighted by molar-refractivity contribution is -0.202. The Kier molecular flexibility index (Phi) is 8.30. The third-order valence-corrected chi connectivity index (χ3v) is 7.33. The summed E-state index contributed by atoms with van der Waals surface area (Å²) in [4.78, 5) is 29.8. The van der Waals surface area contributed by atoms with Crippen molar-refractivity contribution in [3.63, 3.8) is 0 Å². The molecule has 0 radical (unpaired) electrons. The lowest BCUT2D eigenvalue weighted by Gasteiger charge is -2.26. The van der Waals surface area contributed by atoms with Gasteiger partial charge in [-0.05, 0) is 68.6 Å². The molecular weight excluding hydrogens is 605 g/mol. The van der Waals surface area contributed by atoms with E-state index in [2.05, 4.69) is 26.2 Å². The minimum atomic E-state index is -0.909. The number of ether oxygens (including phenoxy) is 5. The zero-order valence-corrected chi connectivity index (χ0v) is 25.3. The highest BCUT2D eigenvalue weighted by molar-refractivity contribution is 9.10. The summed E-state index contributed by atoms with van der Waals surface area (Å²) < 4.78 is 31.9. The molecule has 2 aromatic rings. The molecule has 0 aliphatic carbocycles. The minimum absolute atomic E-state index is 0.119. The summed E-state index contributed by atoms with van der Waals surface area (Å²) in [5.41, 5.74) is 0.598. The van der Waals surface area contributed by atoms with Gasteiger partial charge in [0, 0.05) is 0 Å². The molecule has 0 spiro atoms. The molecule has 0 unspecified atom stereocenters. The number of fused-ring (bicyclic) bond motifs is 2. The fourth-order valence-electron chi connectivity index (χ4n) is 4.49. The number of aromatic nitrogens is 2. The number of imidazole rings is 1. The first-order valence-electron chi connectivity index (χ1n) is 12.3. The number of nitrogens with one attached hydrogen (secondary N) is 1. The van der Waals surface area contributed by atoms with Gasteiger partial charge in [-0.2, -0.15) is 0 Å². The second-order valence-corrected chi connectivity index (χ2v) is 12.7. The molecule has 2 aliphatic heterocycles. The van der Waals surface area contributed by atoms with Crippen molar-refractivity contribution in [2.24, 2.45) is 5.92 Å². The van der Waals surface area contributed by atoms with Crippen LogP contribution in [-0.2, 0) is 28.5 Å². The Morgan fingerprint density at radius 3 is 2.45 bits per heavy atom. The average molecular weight is 637 g/mol. The van der Waals surface area contributed by atoms with E-state index in [1.165, 1.54) is 0 Å². The SMILES string of the molecule is CC(C)[C@H](NC(=O)OC(C)(C)C)C(=O)OC[C@H]1O[C@@H](n2c(Br)nc3cc(Cl)c(Cl)cc32)[C@@H]2OC(C)(C)O[C@@H]21. The Hall–Kier alpha value is -1.63. The van der Waals surface area contributed by atoms with Crippen LogP contribution in [0.5, 0.6) is 0 Å². The number of hydrogen-bond acceptors (Lipinski definition) is 8. The molecule has 10 nitrogen and oxygen atoms in total. The number of esters is 1. The summed E-state index contributed by atoms with van der Waals surface area (Å²) in [5.74, 6) is -1.74. The summed E-state index contributed by atoms with van der Waals surface area (Å²) in [5, 5.41) is 3.35. The van der Waals surface area contributed by atoms with Gasteiger partial charge in [-0.15, -0.1) is 0 Å². The number of halogens is 3. The van der Waals surface area contributed by atoms with Crippen LogP contribution in [0.3, 0.4) is 0 Å². The Morgan fingerprint density at radius 2 is 1.82 bits per heavy atom. The first-order valence-corrected chi connectivity index (χ1v) is 13.8. The smallest absolute Gasteiger partial charge is 0.408 e. The molecule has 210 valence electrons. The predicted molar refractivity (Wildman–Crippen MR) is 144 cm³/mol.